The molecule has 1 unspecified atom stereocenters. The summed E-state index contributed by atoms with van der Waals surface area (Å²) < 4.78 is 32.6. The molecule has 0 radical (unpaired) electrons. The molecule has 3 atom stereocenters. The Morgan fingerprint density at radius 2 is 1.66 bits per heavy atom. The van der Waals surface area contributed by atoms with Gasteiger partial charge in [0.1, 0.15) is 0 Å². The zero-order valence-corrected chi connectivity index (χ0v) is 21.4. The number of carbonyl (C=O) groups is 1. The minimum Gasteiger partial charge on any atom is -0.493 e. The SMILES string of the molecule is COc1cc(C(O)[C@@H]2C(=O)OC[C@H]2C2(c3ccc4c(c3)OCO4)SCCCS2)cc(OC)c1OC. The fourth-order valence-electron chi connectivity index (χ4n) is 4.97. The molecule has 2 fully saturated rings. The van der Waals surface area contributed by atoms with Gasteiger partial charge in [-0.3, -0.25) is 4.79 Å². The summed E-state index contributed by atoms with van der Waals surface area (Å²) >= 11 is 3.60. The summed E-state index contributed by atoms with van der Waals surface area (Å²) in [6, 6.07) is 9.31. The van der Waals surface area contributed by atoms with E-state index in [4.69, 9.17) is 28.4 Å². The number of aliphatic hydroxyl groups excluding tert-OH is 1. The van der Waals surface area contributed by atoms with Gasteiger partial charge >= 0.3 is 5.97 Å². The molecule has 3 heterocycles. The summed E-state index contributed by atoms with van der Waals surface area (Å²) in [5.74, 6) is 3.07. The number of hydrogen-bond donors (Lipinski definition) is 1. The van der Waals surface area contributed by atoms with E-state index in [2.05, 4.69) is 0 Å². The Kier molecular flexibility index (Phi) is 6.87. The monoisotopic (exact) mass is 520 g/mol. The number of carbonyl (C=O) groups excluding carboxylic acids is 1. The Morgan fingerprint density at radius 3 is 2.31 bits per heavy atom. The van der Waals surface area contributed by atoms with Crippen LogP contribution in [0.4, 0.5) is 0 Å². The van der Waals surface area contributed by atoms with Crippen molar-refractivity contribution in [2.75, 3.05) is 46.2 Å². The van der Waals surface area contributed by atoms with Crippen molar-refractivity contribution >= 4 is 29.5 Å². The van der Waals surface area contributed by atoms with Crippen LogP contribution in [0.3, 0.4) is 0 Å². The third-order valence-electron chi connectivity index (χ3n) is 6.66. The van der Waals surface area contributed by atoms with E-state index >= 15 is 0 Å². The van der Waals surface area contributed by atoms with Crippen molar-refractivity contribution in [2.45, 2.75) is 16.6 Å². The van der Waals surface area contributed by atoms with Gasteiger partial charge < -0.3 is 33.5 Å². The van der Waals surface area contributed by atoms with E-state index in [1.807, 2.05) is 18.2 Å². The number of thioether (sulfide) groups is 2. The first-order chi connectivity index (χ1) is 17.0. The van der Waals surface area contributed by atoms with Crippen molar-refractivity contribution in [2.24, 2.45) is 11.8 Å². The molecular weight excluding hydrogens is 492 g/mol. The Bertz CT molecular complexity index is 1080. The summed E-state index contributed by atoms with van der Waals surface area (Å²) in [6.07, 6.45) is -0.0544. The quantitative estimate of drug-likeness (QED) is 0.540. The number of ether oxygens (including phenoxy) is 6. The molecule has 0 bridgehead atoms. The number of hydrogen-bond acceptors (Lipinski definition) is 10. The molecular formula is C25H28O8S2. The van der Waals surface area contributed by atoms with Crippen molar-refractivity contribution in [3.63, 3.8) is 0 Å². The summed E-state index contributed by atoms with van der Waals surface area (Å²) in [4.78, 5) is 13.1. The second-order valence-electron chi connectivity index (χ2n) is 8.45. The number of cyclic esters (lactones) is 1. The number of benzene rings is 2. The molecule has 8 nitrogen and oxygen atoms in total. The molecule has 2 saturated heterocycles. The van der Waals surface area contributed by atoms with Gasteiger partial charge in [-0.05, 0) is 53.3 Å². The predicted octanol–water partition coefficient (Wildman–Crippen LogP) is 3.99. The van der Waals surface area contributed by atoms with Crippen LogP contribution in [-0.2, 0) is 13.6 Å². The van der Waals surface area contributed by atoms with Crippen LogP contribution >= 0.6 is 23.5 Å². The fourth-order valence-corrected chi connectivity index (χ4v) is 8.61. The smallest absolute Gasteiger partial charge is 0.312 e. The second-order valence-corrected chi connectivity index (χ2v) is 11.4. The van der Waals surface area contributed by atoms with Gasteiger partial charge in [0.2, 0.25) is 12.5 Å². The van der Waals surface area contributed by atoms with Gasteiger partial charge in [0, 0.05) is 5.92 Å². The molecule has 0 amide bonds. The highest BCUT2D eigenvalue weighted by Gasteiger charge is 2.55. The van der Waals surface area contributed by atoms with Gasteiger partial charge in [0.15, 0.2) is 23.0 Å². The molecule has 3 aliphatic heterocycles. The minimum atomic E-state index is -1.13. The average Bonchev–Trinajstić information content (AvgIpc) is 3.53. The van der Waals surface area contributed by atoms with Crippen molar-refractivity contribution in [1.82, 2.24) is 0 Å². The van der Waals surface area contributed by atoms with Gasteiger partial charge in [-0.15, -0.1) is 23.5 Å². The molecule has 188 valence electrons. The maximum Gasteiger partial charge on any atom is 0.312 e. The van der Waals surface area contributed by atoms with E-state index in [0.717, 1.165) is 23.5 Å². The molecule has 0 spiro atoms. The molecule has 35 heavy (non-hydrogen) atoms. The lowest BCUT2D eigenvalue weighted by Gasteiger charge is -2.43. The third kappa shape index (κ3) is 4.15. The van der Waals surface area contributed by atoms with Crippen LogP contribution in [0.25, 0.3) is 0 Å². The van der Waals surface area contributed by atoms with Crippen LogP contribution in [0.1, 0.15) is 23.7 Å². The average molecular weight is 521 g/mol. The highest BCUT2D eigenvalue weighted by Crippen LogP contribution is 2.61. The van der Waals surface area contributed by atoms with Gasteiger partial charge in [0.05, 0.1) is 44.0 Å². The van der Waals surface area contributed by atoms with Crippen molar-refractivity contribution in [3.05, 3.63) is 41.5 Å². The van der Waals surface area contributed by atoms with E-state index in [1.54, 1.807) is 35.7 Å². The standard InChI is InChI=1S/C25H28O8S2/c1-28-19-9-14(10-20(29-2)23(19)30-3)22(26)21-16(12-31-24(21)27)25(34-7-4-8-35-25)15-5-6-17-18(11-15)33-13-32-17/h5-6,9-11,16,21-22,26H,4,7-8,12-13H2,1-3H3/t16-,21-,22?/m1/s1. The van der Waals surface area contributed by atoms with Crippen LogP contribution in [0.15, 0.2) is 30.3 Å². The summed E-state index contributed by atoms with van der Waals surface area (Å²) in [7, 11) is 4.56. The molecule has 1 N–H and O–H groups in total. The molecule has 10 heteroatoms. The summed E-state index contributed by atoms with van der Waals surface area (Å²) in [6.45, 7) is 0.416. The topological polar surface area (TPSA) is 92.7 Å². The van der Waals surface area contributed by atoms with Crippen LogP contribution in [0.5, 0.6) is 28.7 Å². The minimum absolute atomic E-state index is 0.194. The Labute approximate surface area is 212 Å². The lowest BCUT2D eigenvalue weighted by Crippen LogP contribution is -2.39. The maximum absolute atomic E-state index is 13.1. The zero-order valence-electron chi connectivity index (χ0n) is 19.8. The van der Waals surface area contributed by atoms with Gasteiger partial charge in [-0.2, -0.15) is 0 Å². The molecule has 0 aromatic heterocycles. The number of esters is 1. The van der Waals surface area contributed by atoms with E-state index in [1.165, 1.54) is 21.3 Å². The van der Waals surface area contributed by atoms with Crippen LogP contribution in [0.2, 0.25) is 0 Å². The first-order valence-corrected chi connectivity index (χ1v) is 13.3. The number of fused-ring (bicyclic) bond motifs is 1. The van der Waals surface area contributed by atoms with Crippen molar-refractivity contribution in [1.29, 1.82) is 0 Å². The number of methoxy groups -OCH3 is 3. The Morgan fingerprint density at radius 1 is 0.971 bits per heavy atom. The number of rotatable bonds is 7. The Balaban J connectivity index is 1.56. The van der Waals surface area contributed by atoms with Gasteiger partial charge in [-0.1, -0.05) is 6.07 Å². The van der Waals surface area contributed by atoms with E-state index in [-0.39, 0.29) is 19.3 Å². The van der Waals surface area contributed by atoms with Gasteiger partial charge in [-0.25, -0.2) is 0 Å². The third-order valence-corrected chi connectivity index (χ3v) is 10.3. The molecule has 5 rings (SSSR count). The van der Waals surface area contributed by atoms with Crippen molar-refractivity contribution in [3.8, 4) is 28.7 Å². The Hall–Kier alpha value is -2.43. The zero-order chi connectivity index (χ0) is 24.6. The van der Waals surface area contributed by atoms with Crippen molar-refractivity contribution < 1.29 is 38.3 Å². The largest absolute Gasteiger partial charge is 0.493 e. The van der Waals surface area contributed by atoms with Crippen LogP contribution in [-0.4, -0.2) is 57.3 Å². The lowest BCUT2D eigenvalue weighted by molar-refractivity contribution is -0.144. The van der Waals surface area contributed by atoms with Crippen LogP contribution < -0.4 is 23.7 Å². The predicted molar refractivity (Wildman–Crippen MR) is 133 cm³/mol. The molecule has 3 aliphatic rings. The highest BCUT2D eigenvalue weighted by atomic mass is 32.2. The van der Waals surface area contributed by atoms with Gasteiger partial charge in [0.25, 0.3) is 0 Å². The molecule has 0 saturated carbocycles. The summed E-state index contributed by atoms with van der Waals surface area (Å²) in [5, 5.41) is 11.6. The second kappa shape index (κ2) is 9.91. The van der Waals surface area contributed by atoms with E-state index < -0.39 is 22.1 Å². The number of aliphatic hydroxyl groups is 1. The lowest BCUT2D eigenvalue weighted by atomic mass is 9.82. The van der Waals surface area contributed by atoms with Crippen LogP contribution in [0, 0.1) is 11.8 Å². The van der Waals surface area contributed by atoms with E-state index in [9.17, 15) is 9.90 Å². The highest BCUT2D eigenvalue weighted by molar-refractivity contribution is 8.18. The first-order valence-electron chi connectivity index (χ1n) is 11.3. The van der Waals surface area contributed by atoms with E-state index in [0.29, 0.717) is 34.3 Å². The normalized spacial score (nSPS) is 23.5. The molecule has 0 aliphatic carbocycles. The fraction of sp³-hybridized carbons (Fsp3) is 0.480. The first kappa shape index (κ1) is 24.3. The molecule has 2 aromatic rings. The summed E-state index contributed by atoms with van der Waals surface area (Å²) in [5.41, 5.74) is 1.53. The maximum atomic E-state index is 13.1. The molecule has 2 aromatic carbocycles.